The van der Waals surface area contributed by atoms with Crippen molar-refractivity contribution in [2.24, 2.45) is 17.3 Å². The molecular formula is C34H48Br2O8. The van der Waals surface area contributed by atoms with Crippen LogP contribution in [0.15, 0.2) is 45.3 Å². The van der Waals surface area contributed by atoms with Crippen molar-refractivity contribution in [3.05, 3.63) is 67.6 Å². The Bertz CT molecular complexity index is 1260. The molecule has 0 spiro atoms. The molecule has 10 heteroatoms. The number of hydrogen-bond donors (Lipinski definition) is 4. The average molecular weight is 745 g/mol. The van der Waals surface area contributed by atoms with Crippen molar-refractivity contribution >= 4 is 37.8 Å². The zero-order valence-electron chi connectivity index (χ0n) is 26.8. The van der Waals surface area contributed by atoms with Gasteiger partial charge in [0.25, 0.3) is 0 Å². The van der Waals surface area contributed by atoms with E-state index in [1.165, 1.54) is 0 Å². The van der Waals surface area contributed by atoms with Gasteiger partial charge in [-0.3, -0.25) is 4.79 Å². The first kappa shape index (κ1) is 37.1. The molecule has 246 valence electrons. The first-order chi connectivity index (χ1) is 20.5. The third-order valence-corrected chi connectivity index (χ3v) is 10.7. The molecule has 8 nitrogen and oxygen atoms in total. The quantitative estimate of drug-likeness (QED) is 0.271. The second-order valence-electron chi connectivity index (χ2n) is 13.0. The van der Waals surface area contributed by atoms with E-state index in [0.29, 0.717) is 11.5 Å². The molecule has 4 N–H and O–H groups in total. The molecule has 0 unspecified atom stereocenters. The SMILES string of the molecule is CC[C@H]1O[C@H](c2cccc(Br)c2C)[C@@H](OC(=O)C(C)(C)C)[C@@H](C)[C@@H]1C.Cc1c(Br)cccc1[C@H]1O[C@H](CO)[C@@H](O)[C@H](O)[C@@H]1O. The van der Waals surface area contributed by atoms with E-state index in [4.69, 9.17) is 19.3 Å². The number of hydrogen-bond acceptors (Lipinski definition) is 8. The van der Waals surface area contributed by atoms with E-state index < -0.39 is 42.5 Å². The van der Waals surface area contributed by atoms with Crippen LogP contribution >= 0.6 is 31.9 Å². The van der Waals surface area contributed by atoms with Crippen LogP contribution in [0.25, 0.3) is 0 Å². The molecule has 2 aliphatic heterocycles. The predicted octanol–water partition coefficient (Wildman–Crippen LogP) is 6.11. The topological polar surface area (TPSA) is 126 Å². The summed E-state index contributed by atoms with van der Waals surface area (Å²) in [5.74, 6) is 0.396. The number of esters is 1. The van der Waals surface area contributed by atoms with E-state index in [2.05, 4.69) is 65.6 Å². The van der Waals surface area contributed by atoms with Crippen LogP contribution < -0.4 is 0 Å². The maximum atomic E-state index is 12.6. The lowest BCUT2D eigenvalue weighted by atomic mass is 9.78. The molecule has 0 saturated carbocycles. The highest BCUT2D eigenvalue weighted by molar-refractivity contribution is 9.10. The highest BCUT2D eigenvalue weighted by Crippen LogP contribution is 2.43. The molecule has 0 aromatic heterocycles. The summed E-state index contributed by atoms with van der Waals surface area (Å²) in [7, 11) is 0. The number of carbonyl (C=O) groups excluding carboxylic acids is 1. The molecule has 2 fully saturated rings. The molecule has 4 rings (SSSR count). The van der Waals surface area contributed by atoms with Gasteiger partial charge < -0.3 is 34.6 Å². The van der Waals surface area contributed by atoms with Gasteiger partial charge in [-0.25, -0.2) is 0 Å². The van der Waals surface area contributed by atoms with Gasteiger partial charge in [-0.15, -0.1) is 0 Å². The van der Waals surface area contributed by atoms with E-state index in [1.54, 1.807) is 12.1 Å². The molecule has 2 heterocycles. The summed E-state index contributed by atoms with van der Waals surface area (Å²) in [5.41, 5.74) is 3.30. The molecule has 10 atom stereocenters. The number of aliphatic hydroxyl groups excluding tert-OH is 4. The van der Waals surface area contributed by atoms with Crippen LogP contribution in [0.5, 0.6) is 0 Å². The lowest BCUT2D eigenvalue weighted by molar-refractivity contribution is -0.231. The second-order valence-corrected chi connectivity index (χ2v) is 14.7. The Labute approximate surface area is 278 Å². The molecule has 2 aromatic carbocycles. The summed E-state index contributed by atoms with van der Waals surface area (Å²) >= 11 is 7.00. The lowest BCUT2D eigenvalue weighted by Crippen LogP contribution is -2.55. The van der Waals surface area contributed by atoms with Crippen LogP contribution in [0.1, 0.15) is 82.4 Å². The van der Waals surface area contributed by atoms with Crippen molar-refractivity contribution in [3.63, 3.8) is 0 Å². The Kier molecular flexibility index (Phi) is 13.0. The fourth-order valence-corrected chi connectivity index (χ4v) is 6.48. The number of benzene rings is 2. The maximum Gasteiger partial charge on any atom is 0.311 e. The third-order valence-electron chi connectivity index (χ3n) is 8.94. The Morgan fingerprint density at radius 2 is 1.32 bits per heavy atom. The molecular weight excluding hydrogens is 696 g/mol. The average Bonchev–Trinajstić information content (AvgIpc) is 2.98. The number of aliphatic hydroxyl groups is 4. The Morgan fingerprint density at radius 3 is 1.80 bits per heavy atom. The summed E-state index contributed by atoms with van der Waals surface area (Å²) in [6.45, 7) is 15.7. The van der Waals surface area contributed by atoms with Crippen LogP contribution in [0.3, 0.4) is 0 Å². The van der Waals surface area contributed by atoms with Gasteiger partial charge in [-0.2, -0.15) is 0 Å². The molecule has 0 radical (unpaired) electrons. The van der Waals surface area contributed by atoms with E-state index in [0.717, 1.165) is 32.1 Å². The zero-order valence-corrected chi connectivity index (χ0v) is 30.0. The van der Waals surface area contributed by atoms with Gasteiger partial charge in [0, 0.05) is 14.9 Å². The minimum Gasteiger partial charge on any atom is -0.459 e. The normalized spacial score (nSPS) is 32.4. The fraction of sp³-hybridized carbons (Fsp3) is 0.618. The summed E-state index contributed by atoms with van der Waals surface area (Å²) in [4.78, 5) is 12.6. The van der Waals surface area contributed by atoms with E-state index in [9.17, 15) is 20.1 Å². The van der Waals surface area contributed by atoms with Crippen LogP contribution in [-0.2, 0) is 19.0 Å². The van der Waals surface area contributed by atoms with Crippen molar-refractivity contribution in [1.29, 1.82) is 0 Å². The molecule has 2 aliphatic rings. The van der Waals surface area contributed by atoms with Crippen molar-refractivity contribution in [2.45, 2.75) is 111 Å². The van der Waals surface area contributed by atoms with E-state index >= 15 is 0 Å². The number of halogens is 2. The summed E-state index contributed by atoms with van der Waals surface area (Å²) < 4.78 is 19.9. The van der Waals surface area contributed by atoms with Crippen molar-refractivity contribution in [3.8, 4) is 0 Å². The van der Waals surface area contributed by atoms with Gasteiger partial charge >= 0.3 is 5.97 Å². The second kappa shape index (κ2) is 15.5. The maximum absolute atomic E-state index is 12.6. The summed E-state index contributed by atoms with van der Waals surface area (Å²) in [5, 5.41) is 38.8. The van der Waals surface area contributed by atoms with Gasteiger partial charge in [0.15, 0.2) is 0 Å². The number of rotatable bonds is 5. The summed E-state index contributed by atoms with van der Waals surface area (Å²) in [6.07, 6.45) is -4.99. The highest BCUT2D eigenvalue weighted by Gasteiger charge is 2.46. The third kappa shape index (κ3) is 8.12. The van der Waals surface area contributed by atoms with Crippen molar-refractivity contribution in [1.82, 2.24) is 0 Å². The molecule has 0 amide bonds. The number of carbonyl (C=O) groups is 1. The molecule has 2 saturated heterocycles. The van der Waals surface area contributed by atoms with Crippen LogP contribution in [0.2, 0.25) is 0 Å². The molecule has 0 bridgehead atoms. The zero-order chi connectivity index (χ0) is 33.1. The Morgan fingerprint density at radius 1 is 0.818 bits per heavy atom. The highest BCUT2D eigenvalue weighted by atomic mass is 79.9. The Balaban J connectivity index is 0.000000249. The lowest BCUT2D eigenvalue weighted by Gasteiger charge is -2.45. The van der Waals surface area contributed by atoms with Gasteiger partial charge in [0.2, 0.25) is 0 Å². The van der Waals surface area contributed by atoms with E-state index in [1.807, 2.05) is 45.9 Å². The summed E-state index contributed by atoms with van der Waals surface area (Å²) in [6, 6.07) is 11.6. The molecule has 2 aromatic rings. The van der Waals surface area contributed by atoms with Gasteiger partial charge in [-0.05, 0) is 81.3 Å². The van der Waals surface area contributed by atoms with Gasteiger partial charge in [-0.1, -0.05) is 76.9 Å². The first-order valence-corrected chi connectivity index (χ1v) is 16.8. The molecule has 44 heavy (non-hydrogen) atoms. The van der Waals surface area contributed by atoms with Crippen molar-refractivity contribution in [2.75, 3.05) is 6.61 Å². The minimum absolute atomic E-state index is 0.169. The fourth-order valence-electron chi connectivity index (χ4n) is 5.71. The van der Waals surface area contributed by atoms with Crippen LogP contribution in [-0.4, -0.2) is 69.6 Å². The minimum atomic E-state index is -1.35. The monoisotopic (exact) mass is 742 g/mol. The smallest absolute Gasteiger partial charge is 0.311 e. The largest absolute Gasteiger partial charge is 0.459 e. The predicted molar refractivity (Wildman–Crippen MR) is 176 cm³/mol. The van der Waals surface area contributed by atoms with Gasteiger partial charge in [0.05, 0.1) is 18.1 Å². The number of ether oxygens (including phenoxy) is 3. The molecule has 0 aliphatic carbocycles. The van der Waals surface area contributed by atoms with Crippen molar-refractivity contribution < 1.29 is 39.4 Å². The Hall–Kier alpha value is -1.37. The standard InChI is InChI=1S/C21H31BrO3.C13H17BrO5/c1-8-17-12(2)13(3)18(25-20(23)21(5,6)7)19(24-17)15-10-9-11-16(22)14(15)4;1-6-7(3-2-4-8(6)14)13-12(18)11(17)10(16)9(5-15)19-13/h9-13,17-19H,8H2,1-7H3;2-4,9-13,15-18H,5H2,1H3/t12-,13-,17+,18-,19+;9-,10-,11+,12+,13-/m01/s1. The first-order valence-electron chi connectivity index (χ1n) is 15.2. The van der Waals surface area contributed by atoms with Crippen LogP contribution in [0.4, 0.5) is 0 Å². The van der Waals surface area contributed by atoms with Crippen LogP contribution in [0, 0.1) is 31.1 Å². The van der Waals surface area contributed by atoms with Gasteiger partial charge in [0.1, 0.15) is 42.7 Å². The van der Waals surface area contributed by atoms with E-state index in [-0.39, 0.29) is 30.2 Å².